The second-order valence-electron chi connectivity index (χ2n) is 8.53. The minimum absolute atomic E-state index is 0. The van der Waals surface area contributed by atoms with Crippen molar-refractivity contribution in [1.82, 2.24) is 0 Å². The zero-order valence-corrected chi connectivity index (χ0v) is 30.9. The monoisotopic (exact) mass is 700 g/mol. The van der Waals surface area contributed by atoms with Gasteiger partial charge in [0.15, 0.2) is 0 Å². The molecule has 1 aromatic carbocycles. The molecule has 0 radical (unpaired) electrons. The van der Waals surface area contributed by atoms with Gasteiger partial charge in [-0.05, 0) is 19.1 Å². The van der Waals surface area contributed by atoms with E-state index in [-0.39, 0.29) is 68.9 Å². The third-order valence-corrected chi connectivity index (χ3v) is 6.16. The zero-order valence-electron chi connectivity index (χ0n) is 29.1. The number of aliphatic hydroxyl groups excluding tert-OH is 3. The fraction of sp³-hybridized carbons (Fsp3) is 0.793. The molecule has 17 heteroatoms. The van der Waals surface area contributed by atoms with Gasteiger partial charge in [-0.15, -0.1) is 0 Å². The molecule has 0 amide bonds. The number of aryl methyl sites for hydroxylation is 1. The average molecular weight is 701 g/mol. The largest absolute Gasteiger partial charge is 1.00 e. The molecule has 0 heterocycles. The fourth-order valence-corrected chi connectivity index (χ4v) is 3.53. The van der Waals surface area contributed by atoms with E-state index in [1.54, 1.807) is 26.4 Å². The first-order chi connectivity index (χ1) is 21.9. The van der Waals surface area contributed by atoms with Crippen LogP contribution in [0.15, 0.2) is 29.2 Å². The summed E-state index contributed by atoms with van der Waals surface area (Å²) in [5, 5.41) is 24.6. The maximum Gasteiger partial charge on any atom is 1.00 e. The standard InChI is InChI=1S/C14H22O6S.C11H24O6.C4H10O3.Na.H/c1-13-3-5-14(6-4-13)21(15,16)20-12-11-19-10-9-18-8-7-17-2;1-13-4-5-15-8-9-17-11-10-16-7-6-14-3-2-12;5-1-3-7-4-2-6;;/h3-6H,7-12H2,1-2H3;12H,2-11H2,1H3;5-6H,1-4H2;;/q;;;+1;-1. The summed E-state index contributed by atoms with van der Waals surface area (Å²) in [6, 6.07) is 6.50. The summed E-state index contributed by atoms with van der Waals surface area (Å²) in [6.07, 6.45) is 0. The summed E-state index contributed by atoms with van der Waals surface area (Å²) in [5.74, 6) is 0. The Morgan fingerprint density at radius 3 is 1.11 bits per heavy atom. The van der Waals surface area contributed by atoms with Gasteiger partial charge in [0.05, 0.1) is 137 Å². The third kappa shape index (κ3) is 38.1. The molecule has 0 aliphatic heterocycles. The van der Waals surface area contributed by atoms with Gasteiger partial charge in [-0.2, -0.15) is 8.42 Å². The second-order valence-corrected chi connectivity index (χ2v) is 10.1. The van der Waals surface area contributed by atoms with Crippen molar-refractivity contribution in [3.05, 3.63) is 29.8 Å². The number of ether oxygens (including phenoxy) is 9. The van der Waals surface area contributed by atoms with E-state index in [4.69, 9.17) is 57.4 Å². The van der Waals surface area contributed by atoms with Crippen molar-refractivity contribution in [3.8, 4) is 0 Å². The molecule has 3 N–H and O–H groups in total. The third-order valence-electron chi connectivity index (χ3n) is 4.83. The van der Waals surface area contributed by atoms with E-state index in [1.165, 1.54) is 12.1 Å². The maximum atomic E-state index is 11.8. The Bertz CT molecular complexity index is 793. The average Bonchev–Trinajstić information content (AvgIpc) is 3.03. The summed E-state index contributed by atoms with van der Waals surface area (Å²) < 4.78 is 74.0. The SMILES string of the molecule is COCCOCCOCCOCCOCCO.COCCOCCOCCOS(=O)(=O)c1ccc(C)cc1.OCCOCCO.[H-].[Na+]. The van der Waals surface area contributed by atoms with E-state index in [9.17, 15) is 8.42 Å². The van der Waals surface area contributed by atoms with Crippen molar-refractivity contribution in [2.45, 2.75) is 11.8 Å². The van der Waals surface area contributed by atoms with Crippen LogP contribution in [0.5, 0.6) is 0 Å². The van der Waals surface area contributed by atoms with Gasteiger partial charge < -0.3 is 59.4 Å². The molecule has 46 heavy (non-hydrogen) atoms. The Morgan fingerprint density at radius 1 is 0.500 bits per heavy atom. The molecule has 0 spiro atoms. The van der Waals surface area contributed by atoms with Gasteiger partial charge in [0.1, 0.15) is 0 Å². The van der Waals surface area contributed by atoms with Crippen molar-refractivity contribution >= 4 is 10.1 Å². The smallest absolute Gasteiger partial charge is 1.00 e. The molecule has 0 bridgehead atoms. The minimum atomic E-state index is -3.71. The van der Waals surface area contributed by atoms with Gasteiger partial charge >= 0.3 is 29.6 Å². The molecule has 0 unspecified atom stereocenters. The van der Waals surface area contributed by atoms with E-state index in [2.05, 4.69) is 4.74 Å². The summed E-state index contributed by atoms with van der Waals surface area (Å²) >= 11 is 0. The summed E-state index contributed by atoms with van der Waals surface area (Å²) in [5.41, 5.74) is 0.991. The number of rotatable bonds is 29. The van der Waals surface area contributed by atoms with Gasteiger partial charge in [0.25, 0.3) is 10.1 Å². The number of hydrogen-bond acceptors (Lipinski definition) is 15. The molecular weight excluding hydrogens is 643 g/mol. The molecule has 1 rings (SSSR count). The van der Waals surface area contributed by atoms with Crippen molar-refractivity contribution in [1.29, 1.82) is 0 Å². The summed E-state index contributed by atoms with van der Waals surface area (Å²) in [7, 11) is -0.466. The fourth-order valence-electron chi connectivity index (χ4n) is 2.64. The van der Waals surface area contributed by atoms with Crippen molar-refractivity contribution in [2.24, 2.45) is 0 Å². The van der Waals surface area contributed by atoms with Crippen molar-refractivity contribution < 1.29 is 102 Å². The number of benzene rings is 1. The Morgan fingerprint density at radius 2 is 0.783 bits per heavy atom. The molecule has 270 valence electrons. The second kappa shape index (κ2) is 40.8. The van der Waals surface area contributed by atoms with Crippen LogP contribution >= 0.6 is 0 Å². The van der Waals surface area contributed by atoms with Gasteiger partial charge in [-0.1, -0.05) is 17.7 Å². The number of hydrogen-bond donors (Lipinski definition) is 3. The molecule has 1 aromatic rings. The molecule has 15 nitrogen and oxygen atoms in total. The Balaban J connectivity index is -0.000000321. The van der Waals surface area contributed by atoms with Crippen LogP contribution in [-0.4, -0.2) is 170 Å². The predicted molar refractivity (Wildman–Crippen MR) is 166 cm³/mol. The molecular formula is C29H57NaO15S. The molecule has 0 saturated heterocycles. The first-order valence-corrected chi connectivity index (χ1v) is 16.1. The number of methoxy groups -OCH3 is 2. The van der Waals surface area contributed by atoms with E-state index in [0.29, 0.717) is 99.1 Å². The van der Waals surface area contributed by atoms with E-state index < -0.39 is 10.1 Å². The zero-order chi connectivity index (χ0) is 33.7. The molecule has 0 aromatic heterocycles. The van der Waals surface area contributed by atoms with Crippen LogP contribution in [0.2, 0.25) is 0 Å². The molecule has 0 fully saturated rings. The normalized spacial score (nSPS) is 10.8. The molecule has 0 saturated carbocycles. The van der Waals surface area contributed by atoms with Crippen molar-refractivity contribution in [2.75, 3.05) is 146 Å². The Kier molecular flexibility index (Phi) is 44.4. The first kappa shape index (κ1) is 50.0. The van der Waals surface area contributed by atoms with Gasteiger partial charge in [0, 0.05) is 14.2 Å². The summed E-state index contributed by atoms with van der Waals surface area (Å²) in [4.78, 5) is 0.149. The van der Waals surface area contributed by atoms with Crippen LogP contribution in [0.25, 0.3) is 0 Å². The molecule has 0 aliphatic carbocycles. The molecule has 0 atom stereocenters. The van der Waals surface area contributed by atoms with E-state index >= 15 is 0 Å². The number of aliphatic hydroxyl groups is 3. The maximum absolute atomic E-state index is 11.8. The van der Waals surface area contributed by atoms with Gasteiger partial charge in [0.2, 0.25) is 0 Å². The van der Waals surface area contributed by atoms with Crippen molar-refractivity contribution in [3.63, 3.8) is 0 Å². The van der Waals surface area contributed by atoms with Gasteiger partial charge in [-0.3, -0.25) is 4.18 Å². The topological polar surface area (TPSA) is 187 Å². The van der Waals surface area contributed by atoms with Crippen LogP contribution in [0.3, 0.4) is 0 Å². The van der Waals surface area contributed by atoms with Crippen LogP contribution in [0.1, 0.15) is 6.99 Å². The van der Waals surface area contributed by atoms with Crippen LogP contribution < -0.4 is 29.6 Å². The minimum Gasteiger partial charge on any atom is -1.00 e. The Hall–Kier alpha value is -0.350. The van der Waals surface area contributed by atoms with Crippen LogP contribution in [0.4, 0.5) is 0 Å². The predicted octanol–water partition coefficient (Wildman–Crippen LogP) is -2.82. The Labute approximate surface area is 298 Å². The van der Waals surface area contributed by atoms with Crippen LogP contribution in [0, 0.1) is 6.92 Å². The molecule has 0 aliphatic rings. The van der Waals surface area contributed by atoms with E-state index in [1.807, 2.05) is 6.92 Å². The van der Waals surface area contributed by atoms with Crippen LogP contribution in [-0.2, 0) is 56.9 Å². The quantitative estimate of drug-likeness (QED) is 0.0441. The first-order valence-electron chi connectivity index (χ1n) is 14.7. The van der Waals surface area contributed by atoms with E-state index in [0.717, 1.165) is 5.56 Å². The van der Waals surface area contributed by atoms with Gasteiger partial charge in [-0.25, -0.2) is 0 Å². The summed E-state index contributed by atoms with van der Waals surface area (Å²) in [6.45, 7) is 9.50.